The number of nitrogens with zero attached hydrogens (tertiary/aromatic N) is 4. The number of nitrogens with one attached hydrogen (secondary N) is 1. The van der Waals surface area contributed by atoms with Gasteiger partial charge < -0.3 is 19.4 Å². The summed E-state index contributed by atoms with van der Waals surface area (Å²) in [6.45, 7) is 3.54. The lowest BCUT2D eigenvalue weighted by molar-refractivity contribution is -0.124. The predicted octanol–water partition coefficient (Wildman–Crippen LogP) is 0.523. The van der Waals surface area contributed by atoms with Crippen LogP contribution in [-0.2, 0) is 16.1 Å². The molecule has 8 heteroatoms. The average Bonchev–Trinajstić information content (AvgIpc) is 3.15. The second-order valence-corrected chi connectivity index (χ2v) is 6.05. The van der Waals surface area contributed by atoms with E-state index in [-0.39, 0.29) is 12.0 Å². The van der Waals surface area contributed by atoms with Crippen molar-refractivity contribution in [3.05, 3.63) is 42.5 Å². The highest BCUT2D eigenvalue weighted by atomic mass is 16.5. The largest absolute Gasteiger partial charge is 0.467 e. The molecule has 1 amide bonds. The summed E-state index contributed by atoms with van der Waals surface area (Å²) in [4.78, 5) is 16.2. The Kier molecular flexibility index (Phi) is 5.97. The van der Waals surface area contributed by atoms with Gasteiger partial charge in [-0.2, -0.15) is 5.10 Å². The number of aromatic nitrogens is 2. The maximum Gasteiger partial charge on any atom is 0.234 e. The number of hydrogen-bond donors (Lipinski definition) is 1. The van der Waals surface area contributed by atoms with Gasteiger partial charge in [-0.3, -0.25) is 9.69 Å². The summed E-state index contributed by atoms with van der Waals surface area (Å²) in [7, 11) is 1.96. The zero-order valence-electron chi connectivity index (χ0n) is 14.3. The molecule has 1 atom stereocenters. The first-order chi connectivity index (χ1) is 12.2. The number of rotatable bonds is 7. The van der Waals surface area contributed by atoms with Crippen molar-refractivity contribution in [3.8, 4) is 0 Å². The summed E-state index contributed by atoms with van der Waals surface area (Å²) in [6, 6.07) is 7.42. The van der Waals surface area contributed by atoms with Crippen molar-refractivity contribution < 1.29 is 13.9 Å². The number of anilines is 1. The molecule has 2 aromatic heterocycles. The van der Waals surface area contributed by atoms with Crippen LogP contribution in [-0.4, -0.2) is 66.9 Å². The standard InChI is InChI=1S/C17H23N5O3/c1-21(16-5-2-6-19-20-16)11-15-12-22(7-9-25-15)13-17(23)18-10-14-4-3-8-24-14/h2-6,8,15H,7,9-13H2,1H3,(H,18,23)/t15-/m0/s1. The van der Waals surface area contributed by atoms with E-state index in [0.29, 0.717) is 32.8 Å². The molecular weight excluding hydrogens is 322 g/mol. The zero-order valence-corrected chi connectivity index (χ0v) is 14.3. The molecule has 134 valence electrons. The molecule has 0 aliphatic carbocycles. The third kappa shape index (κ3) is 5.27. The first-order valence-corrected chi connectivity index (χ1v) is 8.32. The van der Waals surface area contributed by atoms with Crippen molar-refractivity contribution in [1.82, 2.24) is 20.4 Å². The van der Waals surface area contributed by atoms with E-state index in [1.807, 2.05) is 36.2 Å². The Labute approximate surface area is 146 Å². The normalized spacial score (nSPS) is 18.0. The molecule has 3 heterocycles. The van der Waals surface area contributed by atoms with Crippen LogP contribution in [0.4, 0.5) is 5.82 Å². The van der Waals surface area contributed by atoms with E-state index in [1.54, 1.807) is 12.5 Å². The molecule has 1 aliphatic rings. The SMILES string of the molecule is CN(C[C@H]1CN(CC(=O)NCc2ccco2)CCO1)c1cccnn1. The van der Waals surface area contributed by atoms with Gasteiger partial charge in [0.1, 0.15) is 5.76 Å². The molecule has 1 aliphatic heterocycles. The maximum atomic E-state index is 12.1. The Balaban J connectivity index is 1.43. The highest BCUT2D eigenvalue weighted by Crippen LogP contribution is 2.11. The van der Waals surface area contributed by atoms with Crippen LogP contribution in [0, 0.1) is 0 Å². The van der Waals surface area contributed by atoms with Crippen LogP contribution in [0.15, 0.2) is 41.1 Å². The number of carbonyl (C=O) groups excluding carboxylic acids is 1. The fourth-order valence-electron chi connectivity index (χ4n) is 2.79. The zero-order chi connectivity index (χ0) is 17.5. The van der Waals surface area contributed by atoms with Crippen LogP contribution in [0.25, 0.3) is 0 Å². The second kappa shape index (κ2) is 8.59. The fourth-order valence-corrected chi connectivity index (χ4v) is 2.79. The van der Waals surface area contributed by atoms with Gasteiger partial charge in [-0.1, -0.05) is 0 Å². The van der Waals surface area contributed by atoms with E-state index >= 15 is 0 Å². The van der Waals surface area contributed by atoms with Crippen LogP contribution < -0.4 is 10.2 Å². The number of carbonyl (C=O) groups is 1. The molecule has 25 heavy (non-hydrogen) atoms. The lowest BCUT2D eigenvalue weighted by atomic mass is 10.2. The Morgan fingerprint density at radius 1 is 1.44 bits per heavy atom. The monoisotopic (exact) mass is 345 g/mol. The van der Waals surface area contributed by atoms with Crippen LogP contribution in [0.2, 0.25) is 0 Å². The minimum atomic E-state index is -0.0145. The quantitative estimate of drug-likeness (QED) is 0.783. The van der Waals surface area contributed by atoms with Gasteiger partial charge in [-0.25, -0.2) is 0 Å². The van der Waals surface area contributed by atoms with Crippen molar-refractivity contribution >= 4 is 11.7 Å². The van der Waals surface area contributed by atoms with E-state index in [0.717, 1.165) is 18.1 Å². The van der Waals surface area contributed by atoms with Crippen LogP contribution in [0.5, 0.6) is 0 Å². The Bertz CT molecular complexity index is 650. The Morgan fingerprint density at radius 2 is 2.36 bits per heavy atom. The molecule has 0 radical (unpaired) electrons. The molecule has 0 spiro atoms. The van der Waals surface area contributed by atoms with Crippen molar-refractivity contribution in [3.63, 3.8) is 0 Å². The Hall–Kier alpha value is -2.45. The second-order valence-electron chi connectivity index (χ2n) is 6.05. The van der Waals surface area contributed by atoms with Gasteiger partial charge in [0.25, 0.3) is 0 Å². The molecule has 2 aromatic rings. The minimum Gasteiger partial charge on any atom is -0.467 e. The van der Waals surface area contributed by atoms with E-state index in [1.165, 1.54) is 0 Å². The van der Waals surface area contributed by atoms with Gasteiger partial charge in [-0.05, 0) is 24.3 Å². The summed E-state index contributed by atoms with van der Waals surface area (Å²) in [5.41, 5.74) is 0. The number of furan rings is 1. The topological polar surface area (TPSA) is 83.7 Å². The van der Waals surface area contributed by atoms with Gasteiger partial charge in [0.2, 0.25) is 5.91 Å². The number of morpholine rings is 1. The van der Waals surface area contributed by atoms with Crippen LogP contribution in [0.1, 0.15) is 5.76 Å². The molecule has 0 aromatic carbocycles. The first-order valence-electron chi connectivity index (χ1n) is 8.32. The minimum absolute atomic E-state index is 0.0145. The summed E-state index contributed by atoms with van der Waals surface area (Å²) >= 11 is 0. The Morgan fingerprint density at radius 3 is 3.12 bits per heavy atom. The molecular formula is C17H23N5O3. The van der Waals surface area contributed by atoms with Gasteiger partial charge in [0, 0.05) is 32.9 Å². The van der Waals surface area contributed by atoms with Gasteiger partial charge in [0.05, 0.1) is 32.1 Å². The fraction of sp³-hybridized carbons (Fsp3) is 0.471. The van der Waals surface area contributed by atoms with Crippen molar-refractivity contribution in [2.75, 3.05) is 44.7 Å². The lowest BCUT2D eigenvalue weighted by Gasteiger charge is -2.34. The summed E-state index contributed by atoms with van der Waals surface area (Å²) in [6.07, 6.45) is 3.28. The maximum absolute atomic E-state index is 12.1. The van der Waals surface area contributed by atoms with Crippen LogP contribution in [0.3, 0.4) is 0 Å². The van der Waals surface area contributed by atoms with Crippen molar-refractivity contribution in [2.24, 2.45) is 0 Å². The lowest BCUT2D eigenvalue weighted by Crippen LogP contribution is -2.49. The van der Waals surface area contributed by atoms with Crippen LogP contribution >= 0.6 is 0 Å². The highest BCUT2D eigenvalue weighted by molar-refractivity contribution is 5.77. The van der Waals surface area contributed by atoms with Crippen molar-refractivity contribution in [2.45, 2.75) is 12.6 Å². The molecule has 8 nitrogen and oxygen atoms in total. The van der Waals surface area contributed by atoms with E-state index in [9.17, 15) is 4.79 Å². The van der Waals surface area contributed by atoms with Gasteiger partial charge in [-0.15, -0.1) is 5.10 Å². The number of hydrogen-bond acceptors (Lipinski definition) is 7. The van der Waals surface area contributed by atoms with Crippen molar-refractivity contribution in [1.29, 1.82) is 0 Å². The molecule has 0 bridgehead atoms. The molecule has 1 fully saturated rings. The molecule has 0 unspecified atom stereocenters. The number of likely N-dealkylation sites (N-methyl/N-ethyl adjacent to an activating group) is 1. The summed E-state index contributed by atoms with van der Waals surface area (Å²) in [5, 5.41) is 10.9. The molecule has 1 saturated heterocycles. The number of amides is 1. The van der Waals surface area contributed by atoms with Gasteiger partial charge in [0.15, 0.2) is 5.82 Å². The summed E-state index contributed by atoms with van der Waals surface area (Å²) < 4.78 is 11.0. The van der Waals surface area contributed by atoms with Gasteiger partial charge >= 0.3 is 0 Å². The number of ether oxygens (including phenoxy) is 1. The molecule has 3 rings (SSSR count). The smallest absolute Gasteiger partial charge is 0.234 e. The predicted molar refractivity (Wildman–Crippen MR) is 92.0 cm³/mol. The van der Waals surface area contributed by atoms with E-state index < -0.39 is 0 Å². The average molecular weight is 345 g/mol. The third-order valence-electron chi connectivity index (χ3n) is 4.06. The third-order valence-corrected chi connectivity index (χ3v) is 4.06. The summed E-state index contributed by atoms with van der Waals surface area (Å²) in [5.74, 6) is 1.54. The van der Waals surface area contributed by atoms with E-state index in [2.05, 4.69) is 20.4 Å². The molecule has 0 saturated carbocycles. The first kappa shape index (κ1) is 17.4. The van der Waals surface area contributed by atoms with E-state index in [4.69, 9.17) is 9.15 Å². The molecule has 1 N–H and O–H groups in total. The highest BCUT2D eigenvalue weighted by Gasteiger charge is 2.23.